The van der Waals surface area contributed by atoms with Crippen LogP contribution in [-0.2, 0) is 24.3 Å². The fourth-order valence-corrected chi connectivity index (χ4v) is 5.19. The summed E-state index contributed by atoms with van der Waals surface area (Å²) in [6.07, 6.45) is 2.76. The second-order valence-electron chi connectivity index (χ2n) is 9.99. The summed E-state index contributed by atoms with van der Waals surface area (Å²) in [5.74, 6) is 0.539. The van der Waals surface area contributed by atoms with Crippen molar-refractivity contribution in [2.24, 2.45) is 0 Å². The van der Waals surface area contributed by atoms with Crippen molar-refractivity contribution >= 4 is 11.0 Å². The number of benzene rings is 4. The molecule has 1 aromatic heterocycles. The minimum atomic E-state index is -0.499. The third kappa shape index (κ3) is 5.45. The van der Waals surface area contributed by atoms with Gasteiger partial charge in [0.2, 0.25) is 0 Å². The van der Waals surface area contributed by atoms with Crippen molar-refractivity contribution in [1.29, 1.82) is 5.26 Å². The van der Waals surface area contributed by atoms with Crippen molar-refractivity contribution in [3.05, 3.63) is 119 Å². The Morgan fingerprint density at radius 2 is 1.88 bits per heavy atom. The average Bonchev–Trinajstić information content (AvgIpc) is 3.61. The highest BCUT2D eigenvalue weighted by Crippen LogP contribution is 2.29. The lowest BCUT2D eigenvalue weighted by atomic mass is 10.0. The van der Waals surface area contributed by atoms with Crippen LogP contribution in [0.25, 0.3) is 22.2 Å². The van der Waals surface area contributed by atoms with E-state index in [4.69, 9.17) is 19.7 Å². The van der Waals surface area contributed by atoms with Crippen LogP contribution in [0.3, 0.4) is 0 Å². The number of para-hydroxylation sites is 2. The summed E-state index contributed by atoms with van der Waals surface area (Å²) in [4.78, 5) is 4.86. The number of nitriles is 1. The van der Waals surface area contributed by atoms with Gasteiger partial charge >= 0.3 is 0 Å². The third-order valence-electron chi connectivity index (χ3n) is 7.26. The Hall–Kier alpha value is -4.54. The fraction of sp³-hybridized carbons (Fsp3) is 0.212. The molecule has 1 atom stereocenters. The summed E-state index contributed by atoms with van der Waals surface area (Å²) in [5, 5.41) is 8.92. The van der Waals surface area contributed by atoms with Crippen LogP contribution < -0.4 is 4.74 Å². The van der Waals surface area contributed by atoms with Gasteiger partial charge in [0.05, 0.1) is 35.3 Å². The first kappa shape index (κ1) is 25.7. The molecule has 0 spiro atoms. The van der Waals surface area contributed by atoms with Crippen molar-refractivity contribution in [3.63, 3.8) is 0 Å². The molecule has 5 nitrogen and oxygen atoms in total. The minimum absolute atomic E-state index is 0.00465. The minimum Gasteiger partial charge on any atom is -0.489 e. The molecule has 2 heterocycles. The van der Waals surface area contributed by atoms with Gasteiger partial charge in [-0.15, -0.1) is 0 Å². The van der Waals surface area contributed by atoms with Gasteiger partial charge in [0.15, 0.2) is 0 Å². The van der Waals surface area contributed by atoms with Gasteiger partial charge < -0.3 is 14.0 Å². The van der Waals surface area contributed by atoms with Gasteiger partial charge in [-0.1, -0.05) is 42.5 Å². The van der Waals surface area contributed by atoms with E-state index in [1.807, 2.05) is 36.4 Å². The Bertz CT molecular complexity index is 1720. The summed E-state index contributed by atoms with van der Waals surface area (Å²) >= 11 is 0. The number of halogens is 2. The molecule has 200 valence electrons. The Morgan fingerprint density at radius 1 is 0.975 bits per heavy atom. The lowest BCUT2D eigenvalue weighted by molar-refractivity contribution is 0.0973. The van der Waals surface area contributed by atoms with Crippen LogP contribution in [0.5, 0.6) is 5.75 Å². The molecule has 5 aromatic rings. The topological polar surface area (TPSA) is 60.1 Å². The second kappa shape index (κ2) is 11.3. The molecule has 0 unspecified atom stereocenters. The van der Waals surface area contributed by atoms with Crippen molar-refractivity contribution < 1.29 is 18.3 Å². The van der Waals surface area contributed by atoms with E-state index >= 15 is 4.39 Å². The molecule has 40 heavy (non-hydrogen) atoms. The van der Waals surface area contributed by atoms with E-state index in [1.165, 1.54) is 12.1 Å². The zero-order chi connectivity index (χ0) is 27.5. The lowest BCUT2D eigenvalue weighted by Crippen LogP contribution is -2.17. The summed E-state index contributed by atoms with van der Waals surface area (Å²) < 4.78 is 43.5. The maximum atomic E-state index is 15.4. The molecule has 0 amide bonds. The Labute approximate surface area is 231 Å². The average molecular weight is 536 g/mol. The van der Waals surface area contributed by atoms with E-state index in [0.717, 1.165) is 48.4 Å². The largest absolute Gasteiger partial charge is 0.489 e. The highest BCUT2D eigenvalue weighted by Gasteiger charge is 2.20. The molecule has 1 aliphatic heterocycles. The number of ether oxygens (including phenoxy) is 2. The highest BCUT2D eigenvalue weighted by atomic mass is 19.1. The molecule has 0 radical (unpaired) electrons. The number of nitrogens with zero attached hydrogens (tertiary/aromatic N) is 3. The predicted octanol–water partition coefficient (Wildman–Crippen LogP) is 7.20. The third-order valence-corrected chi connectivity index (χ3v) is 7.26. The van der Waals surface area contributed by atoms with E-state index in [9.17, 15) is 4.39 Å². The Balaban J connectivity index is 1.20. The van der Waals surface area contributed by atoms with E-state index in [0.29, 0.717) is 28.9 Å². The second-order valence-corrected chi connectivity index (χ2v) is 9.99. The molecule has 7 heteroatoms. The highest BCUT2D eigenvalue weighted by molar-refractivity contribution is 5.76. The van der Waals surface area contributed by atoms with E-state index in [1.54, 1.807) is 36.4 Å². The molecule has 1 saturated heterocycles. The molecule has 1 aliphatic rings. The van der Waals surface area contributed by atoms with Gasteiger partial charge in [-0.3, -0.25) is 0 Å². The van der Waals surface area contributed by atoms with E-state index in [2.05, 4.69) is 10.6 Å². The number of fused-ring (bicyclic) bond motifs is 1. The number of hydrogen-bond acceptors (Lipinski definition) is 4. The van der Waals surface area contributed by atoms with Crippen LogP contribution in [0.15, 0.2) is 84.9 Å². The Kier molecular flexibility index (Phi) is 7.26. The van der Waals surface area contributed by atoms with Crippen LogP contribution in [-0.4, -0.2) is 22.3 Å². The van der Waals surface area contributed by atoms with Crippen molar-refractivity contribution in [3.8, 4) is 22.9 Å². The number of imidazole rings is 1. The molecule has 0 saturated carbocycles. The summed E-state index contributed by atoms with van der Waals surface area (Å²) in [7, 11) is 0. The standard InChI is InChI=1S/C33H27F2N3O2/c34-29-16-23(19-36)10-12-25(29)21-40-26-6-3-5-24(18-26)28-13-11-22(15-30(28)35)17-33-37-31-8-1-2-9-32(31)38(33)20-27-7-4-14-39-27/h1-3,5-6,8-13,15-16,18,27H,4,7,14,17,20-21H2/t27-/m1/s1. The quantitative estimate of drug-likeness (QED) is 0.211. The van der Waals surface area contributed by atoms with E-state index < -0.39 is 5.82 Å². The molecular formula is C33H27F2N3O2. The van der Waals surface area contributed by atoms with Gasteiger partial charge in [-0.25, -0.2) is 13.8 Å². The van der Waals surface area contributed by atoms with Crippen LogP contribution in [0.2, 0.25) is 0 Å². The molecule has 1 fully saturated rings. The molecule has 4 aromatic carbocycles. The smallest absolute Gasteiger partial charge is 0.131 e. The van der Waals surface area contributed by atoms with Gasteiger partial charge in [0.1, 0.15) is 29.8 Å². The van der Waals surface area contributed by atoms with Crippen molar-refractivity contribution in [2.45, 2.75) is 38.5 Å². The first-order valence-corrected chi connectivity index (χ1v) is 13.3. The predicted molar refractivity (Wildman–Crippen MR) is 149 cm³/mol. The monoisotopic (exact) mass is 535 g/mol. The summed E-state index contributed by atoms with van der Waals surface area (Å²) in [5.41, 5.74) is 4.51. The fourth-order valence-electron chi connectivity index (χ4n) is 5.19. The maximum absolute atomic E-state index is 15.4. The summed E-state index contributed by atoms with van der Waals surface area (Å²) in [6.45, 7) is 1.52. The zero-order valence-corrected chi connectivity index (χ0v) is 21.8. The first-order chi connectivity index (χ1) is 19.6. The normalized spacial score (nSPS) is 14.9. The van der Waals surface area contributed by atoms with Gasteiger partial charge in [-0.2, -0.15) is 5.26 Å². The van der Waals surface area contributed by atoms with E-state index in [-0.39, 0.29) is 24.1 Å². The van der Waals surface area contributed by atoms with Crippen LogP contribution in [0.4, 0.5) is 8.78 Å². The molecule has 0 N–H and O–H groups in total. The number of hydrogen-bond donors (Lipinski definition) is 0. The van der Waals surface area contributed by atoms with Crippen LogP contribution in [0.1, 0.15) is 35.4 Å². The van der Waals surface area contributed by atoms with Crippen LogP contribution in [0, 0.1) is 23.0 Å². The van der Waals surface area contributed by atoms with Gasteiger partial charge in [-0.05, 0) is 66.4 Å². The first-order valence-electron chi connectivity index (χ1n) is 13.3. The molecule has 6 rings (SSSR count). The van der Waals surface area contributed by atoms with Crippen molar-refractivity contribution in [1.82, 2.24) is 9.55 Å². The SMILES string of the molecule is N#Cc1ccc(COc2cccc(-c3ccc(Cc4nc5ccccc5n4C[C@H]4CCCO4)cc3F)c2)c(F)c1. The van der Waals surface area contributed by atoms with Crippen molar-refractivity contribution in [2.75, 3.05) is 6.61 Å². The molecule has 0 aliphatic carbocycles. The maximum Gasteiger partial charge on any atom is 0.131 e. The molecule has 0 bridgehead atoms. The Morgan fingerprint density at radius 3 is 2.67 bits per heavy atom. The molecular weight excluding hydrogens is 508 g/mol. The van der Waals surface area contributed by atoms with Gasteiger partial charge in [0, 0.05) is 24.2 Å². The zero-order valence-electron chi connectivity index (χ0n) is 21.8. The number of aromatic nitrogens is 2. The van der Waals surface area contributed by atoms with Crippen LogP contribution >= 0.6 is 0 Å². The lowest BCUT2D eigenvalue weighted by Gasteiger charge is -2.15. The number of rotatable bonds is 8. The summed E-state index contributed by atoms with van der Waals surface area (Å²) in [6, 6.07) is 26.6. The van der Waals surface area contributed by atoms with Gasteiger partial charge in [0.25, 0.3) is 0 Å².